The Morgan fingerprint density at radius 3 is 2.58 bits per heavy atom. The van der Waals surface area contributed by atoms with Gasteiger partial charge in [-0.15, -0.1) is 0 Å². The second-order valence-electron chi connectivity index (χ2n) is 8.41. The van der Waals surface area contributed by atoms with Gasteiger partial charge in [0.05, 0.1) is 29.7 Å². The topological polar surface area (TPSA) is 87.2 Å². The van der Waals surface area contributed by atoms with Crippen molar-refractivity contribution in [2.24, 2.45) is 5.92 Å². The molecule has 2 atom stereocenters. The number of halogens is 2. The highest BCUT2D eigenvalue weighted by Gasteiger charge is 2.38. The fourth-order valence-electron chi connectivity index (χ4n) is 4.37. The van der Waals surface area contributed by atoms with Crippen LogP contribution in [0.3, 0.4) is 0 Å². The van der Waals surface area contributed by atoms with E-state index in [1.54, 1.807) is 31.0 Å². The van der Waals surface area contributed by atoms with Crippen molar-refractivity contribution in [1.29, 1.82) is 0 Å². The van der Waals surface area contributed by atoms with Gasteiger partial charge in [-0.05, 0) is 50.8 Å². The summed E-state index contributed by atoms with van der Waals surface area (Å²) in [6.45, 7) is 3.19. The van der Waals surface area contributed by atoms with E-state index < -0.39 is 6.04 Å². The molecule has 3 rings (SSSR count). The van der Waals surface area contributed by atoms with Gasteiger partial charge in [0.1, 0.15) is 6.04 Å². The molecule has 0 spiro atoms. The van der Waals surface area contributed by atoms with Crippen LogP contribution in [0.2, 0.25) is 10.0 Å². The Balaban J connectivity index is 1.62. The number of carbonyl (C=O) groups is 4. The lowest BCUT2D eigenvalue weighted by molar-refractivity contribution is -0.152. The van der Waals surface area contributed by atoms with Gasteiger partial charge in [-0.2, -0.15) is 0 Å². The van der Waals surface area contributed by atoms with Gasteiger partial charge in [-0.25, -0.2) is 0 Å². The van der Waals surface area contributed by atoms with Crippen LogP contribution in [0.5, 0.6) is 0 Å². The van der Waals surface area contributed by atoms with Crippen molar-refractivity contribution in [2.75, 3.05) is 39.8 Å². The van der Waals surface area contributed by atoms with Crippen molar-refractivity contribution < 1.29 is 23.9 Å². The van der Waals surface area contributed by atoms with Crippen LogP contribution in [-0.4, -0.2) is 84.3 Å². The van der Waals surface area contributed by atoms with E-state index in [-0.39, 0.29) is 46.7 Å². The SMILES string of the molecule is CCOC(=O)[C@@H]1CCCN(C(=O)CN(C)C(=O)[C@@H]2CCCN2C(=O)c2cc(Cl)ccc2Cl)C1. The molecule has 0 bridgehead atoms. The number of nitrogens with zero attached hydrogens (tertiary/aromatic N) is 3. The van der Waals surface area contributed by atoms with Crippen molar-refractivity contribution in [1.82, 2.24) is 14.7 Å². The minimum absolute atomic E-state index is 0.120. The van der Waals surface area contributed by atoms with Crippen molar-refractivity contribution >= 4 is 46.9 Å². The Morgan fingerprint density at radius 2 is 1.85 bits per heavy atom. The first-order valence-corrected chi connectivity index (χ1v) is 11.9. The molecule has 1 aromatic rings. The molecule has 3 amide bonds. The average Bonchev–Trinajstić information content (AvgIpc) is 3.29. The molecule has 180 valence electrons. The number of amides is 3. The Labute approximate surface area is 203 Å². The molecule has 0 aliphatic carbocycles. The number of rotatable bonds is 6. The maximum absolute atomic E-state index is 13.1. The monoisotopic (exact) mass is 497 g/mol. The molecule has 2 saturated heterocycles. The summed E-state index contributed by atoms with van der Waals surface area (Å²) in [6, 6.07) is 3.98. The molecule has 0 N–H and O–H groups in total. The molecule has 2 aliphatic rings. The summed E-state index contributed by atoms with van der Waals surface area (Å²) >= 11 is 12.2. The lowest BCUT2D eigenvalue weighted by Crippen LogP contribution is -2.51. The van der Waals surface area contributed by atoms with Gasteiger partial charge in [-0.3, -0.25) is 19.2 Å². The third kappa shape index (κ3) is 5.98. The van der Waals surface area contributed by atoms with Crippen LogP contribution >= 0.6 is 23.2 Å². The Hall–Kier alpha value is -2.32. The predicted molar refractivity (Wildman–Crippen MR) is 124 cm³/mol. The molecule has 1 aromatic carbocycles. The van der Waals surface area contributed by atoms with Crippen molar-refractivity contribution in [3.63, 3.8) is 0 Å². The lowest BCUT2D eigenvalue weighted by atomic mass is 9.98. The van der Waals surface area contributed by atoms with Crippen LogP contribution in [0, 0.1) is 5.92 Å². The smallest absolute Gasteiger partial charge is 0.310 e. The molecule has 33 heavy (non-hydrogen) atoms. The zero-order valence-corrected chi connectivity index (χ0v) is 20.4. The van der Waals surface area contributed by atoms with Gasteiger partial charge < -0.3 is 19.4 Å². The normalized spacial score (nSPS) is 20.5. The number of ether oxygens (including phenoxy) is 1. The molecular weight excluding hydrogens is 469 g/mol. The second-order valence-corrected chi connectivity index (χ2v) is 9.25. The molecular formula is C23H29Cl2N3O5. The third-order valence-corrected chi connectivity index (χ3v) is 6.66. The van der Waals surface area contributed by atoms with E-state index in [1.807, 2.05) is 0 Å². The molecule has 2 heterocycles. The van der Waals surface area contributed by atoms with E-state index in [4.69, 9.17) is 27.9 Å². The number of likely N-dealkylation sites (tertiary alicyclic amines) is 2. The quantitative estimate of drug-likeness (QED) is 0.563. The second kappa shape index (κ2) is 11.2. The van der Waals surface area contributed by atoms with Crippen LogP contribution in [0.1, 0.15) is 43.0 Å². The summed E-state index contributed by atoms with van der Waals surface area (Å²) in [5.41, 5.74) is 0.251. The average molecular weight is 498 g/mol. The predicted octanol–water partition coefficient (Wildman–Crippen LogP) is 2.86. The lowest BCUT2D eigenvalue weighted by Gasteiger charge is -2.33. The summed E-state index contributed by atoms with van der Waals surface area (Å²) in [5.74, 6) is -1.51. The van der Waals surface area contributed by atoms with E-state index in [0.29, 0.717) is 56.9 Å². The van der Waals surface area contributed by atoms with Gasteiger partial charge >= 0.3 is 5.97 Å². The largest absolute Gasteiger partial charge is 0.466 e. The van der Waals surface area contributed by atoms with Crippen molar-refractivity contribution in [3.8, 4) is 0 Å². The highest BCUT2D eigenvalue weighted by molar-refractivity contribution is 6.35. The first-order chi connectivity index (χ1) is 15.7. The van der Waals surface area contributed by atoms with Gasteiger partial charge in [0.2, 0.25) is 11.8 Å². The van der Waals surface area contributed by atoms with Crippen LogP contribution in [-0.2, 0) is 19.1 Å². The van der Waals surface area contributed by atoms with E-state index in [0.717, 1.165) is 0 Å². The van der Waals surface area contributed by atoms with Crippen LogP contribution in [0.25, 0.3) is 0 Å². The first kappa shape index (κ1) is 25.3. The van der Waals surface area contributed by atoms with Crippen molar-refractivity contribution in [2.45, 2.75) is 38.6 Å². The number of esters is 1. The molecule has 2 aliphatic heterocycles. The first-order valence-electron chi connectivity index (χ1n) is 11.2. The van der Waals surface area contributed by atoms with Crippen molar-refractivity contribution in [3.05, 3.63) is 33.8 Å². The molecule has 0 radical (unpaired) electrons. The van der Waals surface area contributed by atoms with E-state index in [1.165, 1.54) is 15.9 Å². The van der Waals surface area contributed by atoms with E-state index in [9.17, 15) is 19.2 Å². The molecule has 8 nitrogen and oxygen atoms in total. The van der Waals surface area contributed by atoms with Crippen LogP contribution in [0.15, 0.2) is 18.2 Å². The maximum atomic E-state index is 13.1. The Kier molecular flexibility index (Phi) is 8.59. The third-order valence-electron chi connectivity index (χ3n) is 6.10. The van der Waals surface area contributed by atoms with Gasteiger partial charge in [0, 0.05) is 31.7 Å². The fraction of sp³-hybridized carbons (Fsp3) is 0.565. The summed E-state index contributed by atoms with van der Waals surface area (Å²) in [5, 5.41) is 0.655. The standard InChI is InChI=1S/C23H29Cl2N3O5/c1-3-33-23(32)15-6-4-10-27(13-15)20(29)14-26(2)22(31)19-7-5-11-28(19)21(30)17-12-16(24)8-9-18(17)25/h8-9,12,15,19H,3-7,10-11,13-14H2,1-2H3/t15-,19+/m1/s1. The van der Waals surface area contributed by atoms with Gasteiger partial charge in [0.25, 0.3) is 5.91 Å². The highest BCUT2D eigenvalue weighted by atomic mass is 35.5. The van der Waals surface area contributed by atoms with Gasteiger partial charge in [0.15, 0.2) is 0 Å². The number of piperidine rings is 1. The summed E-state index contributed by atoms with van der Waals surface area (Å²) in [7, 11) is 1.56. The molecule has 2 fully saturated rings. The molecule has 0 aromatic heterocycles. The molecule has 0 unspecified atom stereocenters. The number of likely N-dealkylation sites (N-methyl/N-ethyl adjacent to an activating group) is 1. The molecule has 10 heteroatoms. The van der Waals surface area contributed by atoms with E-state index in [2.05, 4.69) is 0 Å². The number of benzene rings is 1. The highest BCUT2D eigenvalue weighted by Crippen LogP contribution is 2.27. The summed E-state index contributed by atoms with van der Waals surface area (Å²) in [4.78, 5) is 55.6. The Bertz CT molecular complexity index is 925. The van der Waals surface area contributed by atoms with E-state index >= 15 is 0 Å². The van der Waals surface area contributed by atoms with Crippen LogP contribution in [0.4, 0.5) is 0 Å². The Morgan fingerprint density at radius 1 is 1.12 bits per heavy atom. The number of hydrogen-bond donors (Lipinski definition) is 0. The summed E-state index contributed by atoms with van der Waals surface area (Å²) < 4.78 is 5.09. The summed E-state index contributed by atoms with van der Waals surface area (Å²) in [6.07, 6.45) is 2.58. The number of carbonyl (C=O) groups excluding carboxylic acids is 4. The number of hydrogen-bond acceptors (Lipinski definition) is 5. The fourth-order valence-corrected chi connectivity index (χ4v) is 4.74. The zero-order chi connectivity index (χ0) is 24.1. The van der Waals surface area contributed by atoms with Crippen LogP contribution < -0.4 is 0 Å². The van der Waals surface area contributed by atoms with Gasteiger partial charge in [-0.1, -0.05) is 23.2 Å². The minimum atomic E-state index is -0.668. The minimum Gasteiger partial charge on any atom is -0.466 e. The maximum Gasteiger partial charge on any atom is 0.310 e. The molecule has 0 saturated carbocycles. The zero-order valence-electron chi connectivity index (χ0n) is 18.9.